The number of hydrogen-bond acceptors (Lipinski definition) is 2. The van der Waals surface area contributed by atoms with Crippen LogP contribution in [0.2, 0.25) is 0 Å². The molecule has 0 aromatic carbocycles. The van der Waals surface area contributed by atoms with E-state index in [1.165, 1.54) is 0 Å². The molecule has 2 nitrogen and oxygen atoms in total. The monoisotopic (exact) mass is 270 g/mol. The first kappa shape index (κ1) is 8.71. The normalized spacial score (nSPS) is 47.6. The van der Waals surface area contributed by atoms with Crippen molar-refractivity contribution in [3.8, 4) is 0 Å². The summed E-state index contributed by atoms with van der Waals surface area (Å²) in [5, 5.41) is 18.5. The van der Waals surface area contributed by atoms with Crippen LogP contribution in [0.25, 0.3) is 0 Å². The predicted octanol–water partition coefficient (Wildman–Crippen LogP) is 0.805. The van der Waals surface area contributed by atoms with Crippen molar-refractivity contribution >= 4 is 31.9 Å². The minimum atomic E-state index is -0.580. The molecule has 1 aliphatic rings. The van der Waals surface area contributed by atoms with Gasteiger partial charge < -0.3 is 10.2 Å². The molecule has 0 saturated heterocycles. The molecule has 0 heterocycles. The smallest absolute Gasteiger partial charge is 0.0872 e. The van der Waals surface area contributed by atoms with Gasteiger partial charge in [-0.15, -0.1) is 0 Å². The van der Waals surface area contributed by atoms with E-state index in [0.717, 1.165) is 0 Å². The van der Waals surface area contributed by atoms with Gasteiger partial charge in [-0.05, 0) is 0 Å². The van der Waals surface area contributed by atoms with Crippen LogP contribution in [0, 0.1) is 0 Å². The fourth-order valence-corrected chi connectivity index (χ4v) is 2.24. The third kappa shape index (κ3) is 1.61. The number of aliphatic hydroxyl groups excluding tert-OH is 2. The van der Waals surface area contributed by atoms with Crippen LogP contribution in [-0.2, 0) is 0 Å². The first-order valence-electron chi connectivity index (χ1n) is 2.95. The molecule has 0 saturated carbocycles. The molecule has 0 aromatic rings. The van der Waals surface area contributed by atoms with Gasteiger partial charge in [-0.1, -0.05) is 44.0 Å². The number of alkyl halides is 2. The average Bonchev–Trinajstić information content (AvgIpc) is 1.93. The van der Waals surface area contributed by atoms with Gasteiger partial charge in [0.2, 0.25) is 0 Å². The zero-order valence-electron chi connectivity index (χ0n) is 5.11. The van der Waals surface area contributed by atoms with Crippen LogP contribution in [0.1, 0.15) is 0 Å². The molecule has 4 heteroatoms. The fraction of sp³-hybridized carbons (Fsp3) is 0.667. The lowest BCUT2D eigenvalue weighted by atomic mass is 10.0. The molecule has 1 rings (SSSR count). The van der Waals surface area contributed by atoms with E-state index in [1.807, 2.05) is 0 Å². The molecule has 2 N–H and O–H groups in total. The molecule has 1 aliphatic carbocycles. The zero-order valence-corrected chi connectivity index (χ0v) is 8.29. The van der Waals surface area contributed by atoms with Crippen LogP contribution in [0.15, 0.2) is 12.2 Å². The molecule has 0 spiro atoms. The summed E-state index contributed by atoms with van der Waals surface area (Å²) in [6.45, 7) is 0. The predicted molar refractivity (Wildman–Crippen MR) is 46.6 cm³/mol. The minimum Gasteiger partial charge on any atom is -0.390 e. The van der Waals surface area contributed by atoms with E-state index < -0.39 is 12.2 Å². The molecule has 0 bridgehead atoms. The van der Waals surface area contributed by atoms with Crippen molar-refractivity contribution in [1.82, 2.24) is 0 Å². The minimum absolute atomic E-state index is 0.0553. The first-order valence-corrected chi connectivity index (χ1v) is 4.78. The average molecular weight is 272 g/mol. The Kier molecular flexibility index (Phi) is 2.91. The Morgan fingerprint density at radius 2 is 1.70 bits per heavy atom. The molecule has 0 amide bonds. The Morgan fingerprint density at radius 1 is 1.10 bits per heavy atom. The molecule has 4 atom stereocenters. The molecule has 0 fully saturated rings. The Bertz CT molecular complexity index is 133. The highest BCUT2D eigenvalue weighted by Gasteiger charge is 2.30. The third-order valence-corrected chi connectivity index (χ3v) is 3.40. The van der Waals surface area contributed by atoms with Crippen LogP contribution in [0.3, 0.4) is 0 Å². The summed E-state index contributed by atoms with van der Waals surface area (Å²) in [5.74, 6) is 0. The van der Waals surface area contributed by atoms with Crippen LogP contribution < -0.4 is 0 Å². The van der Waals surface area contributed by atoms with Crippen LogP contribution in [-0.4, -0.2) is 32.1 Å². The highest BCUT2D eigenvalue weighted by atomic mass is 79.9. The van der Waals surface area contributed by atoms with Crippen LogP contribution >= 0.6 is 31.9 Å². The fourth-order valence-electron chi connectivity index (χ4n) is 0.818. The van der Waals surface area contributed by atoms with Crippen molar-refractivity contribution in [3.05, 3.63) is 12.2 Å². The number of halogens is 2. The highest BCUT2D eigenvalue weighted by molar-refractivity contribution is 9.10. The Morgan fingerprint density at radius 3 is 2.20 bits per heavy atom. The van der Waals surface area contributed by atoms with Gasteiger partial charge in [0.25, 0.3) is 0 Å². The first-order chi connectivity index (χ1) is 4.63. The van der Waals surface area contributed by atoms with E-state index in [4.69, 9.17) is 5.11 Å². The van der Waals surface area contributed by atoms with Gasteiger partial charge in [0.1, 0.15) is 0 Å². The van der Waals surface area contributed by atoms with E-state index >= 15 is 0 Å². The second-order valence-corrected chi connectivity index (χ2v) is 4.37. The van der Waals surface area contributed by atoms with Gasteiger partial charge in [-0.25, -0.2) is 0 Å². The van der Waals surface area contributed by atoms with E-state index in [-0.39, 0.29) is 9.65 Å². The van der Waals surface area contributed by atoms with Crippen molar-refractivity contribution in [1.29, 1.82) is 0 Å². The van der Waals surface area contributed by atoms with Gasteiger partial charge in [0.05, 0.1) is 21.9 Å². The largest absolute Gasteiger partial charge is 0.390 e. The Balaban J connectivity index is 2.69. The summed E-state index contributed by atoms with van der Waals surface area (Å²) in [5.41, 5.74) is 0. The topological polar surface area (TPSA) is 40.5 Å². The second kappa shape index (κ2) is 3.34. The number of rotatable bonds is 0. The quantitative estimate of drug-likeness (QED) is 0.506. The molecule has 0 unspecified atom stereocenters. The Labute approximate surface area is 76.2 Å². The van der Waals surface area contributed by atoms with E-state index in [2.05, 4.69) is 31.9 Å². The second-order valence-electron chi connectivity index (χ2n) is 2.25. The molecule has 0 aromatic heterocycles. The van der Waals surface area contributed by atoms with Gasteiger partial charge >= 0.3 is 0 Å². The van der Waals surface area contributed by atoms with E-state index in [9.17, 15) is 5.11 Å². The van der Waals surface area contributed by atoms with Crippen molar-refractivity contribution < 1.29 is 10.2 Å². The van der Waals surface area contributed by atoms with E-state index in [1.54, 1.807) is 12.2 Å². The molecule has 10 heavy (non-hydrogen) atoms. The summed E-state index contributed by atoms with van der Waals surface area (Å²) in [6.07, 6.45) is 2.27. The lowest BCUT2D eigenvalue weighted by molar-refractivity contribution is 0.113. The molecule has 0 aliphatic heterocycles. The Hall–Kier alpha value is 0.620. The zero-order chi connectivity index (χ0) is 7.72. The maximum atomic E-state index is 9.31. The lowest BCUT2D eigenvalue weighted by Gasteiger charge is -2.27. The van der Waals surface area contributed by atoms with Gasteiger partial charge in [-0.3, -0.25) is 0 Å². The van der Waals surface area contributed by atoms with Crippen LogP contribution in [0.5, 0.6) is 0 Å². The summed E-state index contributed by atoms with van der Waals surface area (Å²) in [6, 6.07) is 0. The molecule has 58 valence electrons. The highest BCUT2D eigenvalue weighted by Crippen LogP contribution is 2.24. The SMILES string of the molecule is O[C@@H]1[C@H](Br)[C@@H](O)C=C[C@H]1Br. The molecular weight excluding hydrogens is 264 g/mol. The summed E-state index contributed by atoms with van der Waals surface area (Å²) >= 11 is 6.42. The molecular formula is C6H8Br2O2. The van der Waals surface area contributed by atoms with Crippen molar-refractivity contribution in [2.75, 3.05) is 0 Å². The van der Waals surface area contributed by atoms with E-state index in [0.29, 0.717) is 0 Å². The number of hydrogen-bond donors (Lipinski definition) is 2. The van der Waals surface area contributed by atoms with Crippen molar-refractivity contribution in [2.45, 2.75) is 21.9 Å². The summed E-state index contributed by atoms with van der Waals surface area (Å²) < 4.78 is 0. The maximum Gasteiger partial charge on any atom is 0.0872 e. The van der Waals surface area contributed by atoms with Crippen molar-refractivity contribution in [2.24, 2.45) is 0 Å². The van der Waals surface area contributed by atoms with Gasteiger partial charge in [0.15, 0.2) is 0 Å². The maximum absolute atomic E-state index is 9.31. The van der Waals surface area contributed by atoms with Gasteiger partial charge in [0, 0.05) is 0 Å². The summed E-state index contributed by atoms with van der Waals surface area (Å²) in [4.78, 5) is -0.317. The molecule has 0 radical (unpaired) electrons. The van der Waals surface area contributed by atoms with Crippen LogP contribution in [0.4, 0.5) is 0 Å². The third-order valence-electron chi connectivity index (χ3n) is 1.47. The lowest BCUT2D eigenvalue weighted by Crippen LogP contribution is -2.39. The standard InChI is InChI=1S/C6H8Br2O2/c7-3-1-2-4(9)5(8)6(3)10/h1-6,9-10H/t3-,4+,5-,6+/m1/s1. The summed E-state index contributed by atoms with van der Waals surface area (Å²) in [7, 11) is 0. The van der Waals surface area contributed by atoms with Gasteiger partial charge in [-0.2, -0.15) is 0 Å². The van der Waals surface area contributed by atoms with Crippen molar-refractivity contribution in [3.63, 3.8) is 0 Å². The number of aliphatic hydroxyl groups is 2.